The molecular formula is C14H20O15S. The summed E-state index contributed by atoms with van der Waals surface area (Å²) in [6.45, 7) is 1.08. The molecule has 0 aliphatic rings. The molecule has 1 atom stereocenters. The van der Waals surface area contributed by atoms with Crippen molar-refractivity contribution < 1.29 is 74.4 Å². The van der Waals surface area contributed by atoms with Gasteiger partial charge in [0.15, 0.2) is 16.3 Å². The molecule has 0 saturated carbocycles. The summed E-state index contributed by atoms with van der Waals surface area (Å²) >= 11 is 3.25. The van der Waals surface area contributed by atoms with Crippen molar-refractivity contribution in [2.75, 3.05) is 0 Å². The summed E-state index contributed by atoms with van der Waals surface area (Å²) in [6, 6.07) is 0. The SMILES string of the molecule is CC(=O)O.O=C(O)CC(O)(CC(=O)O)C(=O)O.O=C(O)CC(O)(CC(=O)S)C(=O)O. The molecule has 0 aliphatic carbocycles. The lowest BCUT2D eigenvalue weighted by Gasteiger charge is -2.18. The number of rotatable bonds is 10. The Labute approximate surface area is 172 Å². The van der Waals surface area contributed by atoms with Crippen LogP contribution in [0.25, 0.3) is 0 Å². The largest absolute Gasteiger partial charge is 0.481 e. The van der Waals surface area contributed by atoms with Crippen molar-refractivity contribution in [3.63, 3.8) is 0 Å². The predicted molar refractivity (Wildman–Crippen MR) is 93.8 cm³/mol. The Bertz CT molecular complexity index is 595. The van der Waals surface area contributed by atoms with Gasteiger partial charge in [-0.1, -0.05) is 0 Å². The van der Waals surface area contributed by atoms with Gasteiger partial charge in [0.25, 0.3) is 5.97 Å². The molecule has 0 heterocycles. The molecule has 0 aromatic heterocycles. The van der Waals surface area contributed by atoms with Gasteiger partial charge in [0, 0.05) is 6.92 Å². The van der Waals surface area contributed by atoms with Crippen LogP contribution in [0.1, 0.15) is 32.6 Å². The van der Waals surface area contributed by atoms with Gasteiger partial charge in [0.2, 0.25) is 0 Å². The first-order valence-corrected chi connectivity index (χ1v) is 7.72. The number of carbonyl (C=O) groups excluding carboxylic acids is 1. The smallest absolute Gasteiger partial charge is 0.336 e. The summed E-state index contributed by atoms with van der Waals surface area (Å²) in [6.07, 6.45) is -4.16. The summed E-state index contributed by atoms with van der Waals surface area (Å²) in [5.41, 5.74) is -5.30. The van der Waals surface area contributed by atoms with Crippen molar-refractivity contribution in [1.29, 1.82) is 0 Å². The Kier molecular flexibility index (Phi) is 14.5. The first-order chi connectivity index (χ1) is 13.3. The van der Waals surface area contributed by atoms with E-state index in [2.05, 4.69) is 12.6 Å². The quantitative estimate of drug-likeness (QED) is 0.159. The Morgan fingerprint density at radius 2 is 0.800 bits per heavy atom. The second-order valence-electron chi connectivity index (χ2n) is 5.47. The van der Waals surface area contributed by atoms with Crippen LogP contribution in [0.3, 0.4) is 0 Å². The molecule has 172 valence electrons. The van der Waals surface area contributed by atoms with Crippen LogP contribution in [0.2, 0.25) is 0 Å². The number of aliphatic hydroxyl groups is 2. The lowest BCUT2D eigenvalue weighted by Crippen LogP contribution is -2.42. The molecule has 0 fully saturated rings. The fourth-order valence-corrected chi connectivity index (χ4v) is 1.69. The first-order valence-electron chi connectivity index (χ1n) is 7.27. The van der Waals surface area contributed by atoms with E-state index in [1.807, 2.05) is 0 Å². The van der Waals surface area contributed by atoms with Gasteiger partial charge in [-0.3, -0.25) is 24.0 Å². The highest BCUT2D eigenvalue weighted by molar-refractivity contribution is 7.96. The summed E-state index contributed by atoms with van der Waals surface area (Å²) in [5.74, 6) is -9.11. The standard InChI is InChI=1S/C6H8O7.C6H8O6S.C2H4O2/c7-3(8)1-6(13,5(11)12)2-4(9)10;7-3(8)1-6(12,5(10)11)2-4(9)13;1-2(3)4/h13H,1-2H2,(H,7,8)(H,9,10)(H,11,12);12H,1-2H2,(H,7,8)(H,9,13)(H,10,11);1H3,(H,3,4). The molecule has 0 bridgehead atoms. The van der Waals surface area contributed by atoms with E-state index in [1.54, 1.807) is 0 Å². The monoisotopic (exact) mass is 460 g/mol. The molecule has 30 heavy (non-hydrogen) atoms. The molecule has 8 N–H and O–H groups in total. The van der Waals surface area contributed by atoms with Gasteiger partial charge in [-0.25, -0.2) is 9.59 Å². The maximum atomic E-state index is 10.4. The van der Waals surface area contributed by atoms with E-state index in [0.717, 1.165) is 6.92 Å². The Morgan fingerprint density at radius 3 is 0.933 bits per heavy atom. The fraction of sp³-hybridized carbons (Fsp3) is 0.500. The van der Waals surface area contributed by atoms with Crippen molar-refractivity contribution in [2.45, 2.75) is 43.8 Å². The summed E-state index contributed by atoms with van der Waals surface area (Å²) in [4.78, 5) is 70.4. The molecule has 16 heteroatoms. The minimum atomic E-state index is -2.74. The number of carbonyl (C=O) groups is 7. The number of carboxylic acids is 6. The third-order valence-corrected chi connectivity index (χ3v) is 2.73. The minimum absolute atomic E-state index is 0.833. The second kappa shape index (κ2) is 13.9. The predicted octanol–water partition coefficient (Wildman–Crippen LogP) is -2.03. The van der Waals surface area contributed by atoms with Crippen molar-refractivity contribution in [3.8, 4) is 0 Å². The topological polar surface area (TPSA) is 281 Å². The lowest BCUT2D eigenvalue weighted by molar-refractivity contribution is -0.170. The minimum Gasteiger partial charge on any atom is -0.481 e. The third-order valence-electron chi connectivity index (χ3n) is 2.57. The second-order valence-corrected chi connectivity index (χ2v) is 5.97. The zero-order valence-corrected chi connectivity index (χ0v) is 16.1. The zero-order valence-electron chi connectivity index (χ0n) is 15.2. The number of thiol groups is 1. The molecule has 0 amide bonds. The maximum Gasteiger partial charge on any atom is 0.336 e. The van der Waals surface area contributed by atoms with Crippen LogP contribution in [0.4, 0.5) is 0 Å². The number of carboxylic acid groups (broad SMARTS) is 6. The lowest BCUT2D eigenvalue weighted by atomic mass is 9.96. The Morgan fingerprint density at radius 1 is 0.600 bits per heavy atom. The molecular weight excluding hydrogens is 440 g/mol. The van der Waals surface area contributed by atoms with Gasteiger partial charge in [-0.2, -0.15) is 0 Å². The summed E-state index contributed by atoms with van der Waals surface area (Å²) in [7, 11) is 0. The van der Waals surface area contributed by atoms with Crippen LogP contribution >= 0.6 is 12.6 Å². The maximum absolute atomic E-state index is 10.4. The highest BCUT2D eigenvalue weighted by Crippen LogP contribution is 2.17. The zero-order chi connectivity index (χ0) is 24.9. The molecule has 0 spiro atoms. The summed E-state index contributed by atoms with van der Waals surface area (Å²) in [5, 5.41) is 66.2. The van der Waals surface area contributed by atoms with Crippen molar-refractivity contribution in [1.82, 2.24) is 0 Å². The Hall–Kier alpha value is -3.24. The average Bonchev–Trinajstić information content (AvgIpc) is 2.43. The molecule has 0 aromatic carbocycles. The van der Waals surface area contributed by atoms with E-state index in [-0.39, 0.29) is 0 Å². The fourth-order valence-electron chi connectivity index (χ4n) is 1.43. The van der Waals surface area contributed by atoms with Gasteiger partial charge in [0.05, 0.1) is 25.7 Å². The molecule has 15 nitrogen and oxygen atoms in total. The third kappa shape index (κ3) is 16.9. The van der Waals surface area contributed by atoms with Crippen LogP contribution in [0, 0.1) is 0 Å². The van der Waals surface area contributed by atoms with E-state index in [4.69, 9.17) is 40.5 Å². The average molecular weight is 460 g/mol. The van der Waals surface area contributed by atoms with Crippen LogP contribution in [0.5, 0.6) is 0 Å². The number of hydrogen-bond acceptors (Lipinski definition) is 9. The summed E-state index contributed by atoms with van der Waals surface area (Å²) < 4.78 is 0. The van der Waals surface area contributed by atoms with Gasteiger partial charge >= 0.3 is 29.8 Å². The molecule has 0 aromatic rings. The van der Waals surface area contributed by atoms with Crippen molar-refractivity contribution >= 4 is 53.6 Å². The van der Waals surface area contributed by atoms with E-state index < -0.39 is 77.8 Å². The van der Waals surface area contributed by atoms with Gasteiger partial charge in [0.1, 0.15) is 0 Å². The van der Waals surface area contributed by atoms with Crippen LogP contribution < -0.4 is 0 Å². The van der Waals surface area contributed by atoms with Gasteiger partial charge in [-0.15, -0.1) is 12.6 Å². The molecule has 1 unspecified atom stereocenters. The normalized spacial score (nSPS) is 11.9. The number of aliphatic carboxylic acids is 6. The van der Waals surface area contributed by atoms with Gasteiger partial charge < -0.3 is 40.9 Å². The highest BCUT2D eigenvalue weighted by atomic mass is 32.1. The molecule has 0 aliphatic heterocycles. The highest BCUT2D eigenvalue weighted by Gasteiger charge is 2.41. The van der Waals surface area contributed by atoms with Gasteiger partial charge in [-0.05, 0) is 0 Å². The van der Waals surface area contributed by atoms with Crippen molar-refractivity contribution in [3.05, 3.63) is 0 Å². The van der Waals surface area contributed by atoms with E-state index >= 15 is 0 Å². The molecule has 0 rings (SSSR count). The van der Waals surface area contributed by atoms with Crippen LogP contribution in [-0.2, 0) is 33.6 Å². The van der Waals surface area contributed by atoms with E-state index in [1.165, 1.54) is 0 Å². The number of hydrogen-bond donors (Lipinski definition) is 9. The van der Waals surface area contributed by atoms with E-state index in [9.17, 15) is 33.9 Å². The van der Waals surface area contributed by atoms with E-state index in [0.29, 0.717) is 0 Å². The molecule has 0 saturated heterocycles. The molecule has 0 radical (unpaired) electrons. The van der Waals surface area contributed by atoms with Crippen LogP contribution in [0.15, 0.2) is 0 Å². The van der Waals surface area contributed by atoms with Crippen molar-refractivity contribution in [2.24, 2.45) is 0 Å². The first kappa shape index (κ1) is 31.5. The van der Waals surface area contributed by atoms with Crippen LogP contribution in [-0.4, -0.2) is 93.0 Å². The Balaban J connectivity index is -0.000000412.